The average molecular weight is 307 g/mol. The van der Waals surface area contributed by atoms with E-state index in [1.165, 1.54) is 12.1 Å². The maximum Gasteiger partial charge on any atom is 0.128 e. The van der Waals surface area contributed by atoms with Crippen molar-refractivity contribution in [3.63, 3.8) is 0 Å². The van der Waals surface area contributed by atoms with E-state index in [0.29, 0.717) is 17.2 Å². The zero-order chi connectivity index (χ0) is 14.8. The lowest BCUT2D eigenvalue weighted by Gasteiger charge is -2.25. The van der Waals surface area contributed by atoms with Crippen LogP contribution in [0.5, 0.6) is 5.75 Å². The summed E-state index contributed by atoms with van der Waals surface area (Å²) in [7, 11) is 0. The molecule has 0 bridgehead atoms. The number of rotatable bonds is 3. The minimum Gasteiger partial charge on any atom is -0.493 e. The third-order valence-corrected chi connectivity index (χ3v) is 3.95. The van der Waals surface area contributed by atoms with E-state index >= 15 is 0 Å². The van der Waals surface area contributed by atoms with Crippen molar-refractivity contribution in [2.24, 2.45) is 5.84 Å². The zero-order valence-corrected chi connectivity index (χ0v) is 12.2. The van der Waals surface area contributed by atoms with Crippen LogP contribution in [0.1, 0.15) is 29.2 Å². The number of para-hydroxylation sites is 1. The van der Waals surface area contributed by atoms with Crippen LogP contribution in [0.3, 0.4) is 0 Å². The SMILES string of the molecule is NNC(c1cc(Cl)ccc1F)c1cccc2c1OCCC2. The predicted octanol–water partition coefficient (Wildman–Crippen LogP) is 3.36. The lowest BCUT2D eigenvalue weighted by molar-refractivity contribution is 0.283. The van der Waals surface area contributed by atoms with E-state index in [1.54, 1.807) is 6.07 Å². The second-order valence-corrected chi connectivity index (χ2v) is 5.49. The number of hydrogen-bond donors (Lipinski definition) is 2. The smallest absolute Gasteiger partial charge is 0.128 e. The van der Waals surface area contributed by atoms with Crippen LogP contribution in [0.15, 0.2) is 36.4 Å². The van der Waals surface area contributed by atoms with E-state index in [-0.39, 0.29) is 5.82 Å². The average Bonchev–Trinajstić information content (AvgIpc) is 2.51. The summed E-state index contributed by atoms with van der Waals surface area (Å²) in [6.07, 6.45) is 1.95. The quantitative estimate of drug-likeness (QED) is 0.675. The first-order valence-corrected chi connectivity index (χ1v) is 7.24. The van der Waals surface area contributed by atoms with Gasteiger partial charge in [-0.05, 0) is 36.6 Å². The Morgan fingerprint density at radius 3 is 2.90 bits per heavy atom. The molecule has 0 amide bonds. The first-order valence-electron chi connectivity index (χ1n) is 6.86. The van der Waals surface area contributed by atoms with Gasteiger partial charge in [-0.25, -0.2) is 9.82 Å². The lowest BCUT2D eigenvalue weighted by atomic mass is 9.94. The molecule has 3 nitrogen and oxygen atoms in total. The number of nitrogens with two attached hydrogens (primary N) is 1. The first-order chi connectivity index (χ1) is 10.2. The van der Waals surface area contributed by atoms with Crippen LogP contribution in [-0.2, 0) is 6.42 Å². The van der Waals surface area contributed by atoms with E-state index < -0.39 is 6.04 Å². The number of benzene rings is 2. The van der Waals surface area contributed by atoms with E-state index in [2.05, 4.69) is 5.43 Å². The van der Waals surface area contributed by atoms with Crippen LogP contribution >= 0.6 is 11.6 Å². The maximum atomic E-state index is 14.1. The molecule has 2 aromatic rings. The molecule has 0 saturated carbocycles. The Morgan fingerprint density at radius 1 is 1.24 bits per heavy atom. The molecule has 1 heterocycles. The van der Waals surface area contributed by atoms with Crippen LogP contribution in [0.4, 0.5) is 4.39 Å². The fourth-order valence-corrected chi connectivity index (χ4v) is 2.91. The Kier molecular flexibility index (Phi) is 4.10. The third-order valence-electron chi connectivity index (χ3n) is 3.71. The number of halogens is 2. The molecule has 0 radical (unpaired) electrons. The molecule has 1 aliphatic rings. The summed E-state index contributed by atoms with van der Waals surface area (Å²) in [5.41, 5.74) is 5.04. The summed E-state index contributed by atoms with van der Waals surface area (Å²) >= 11 is 5.98. The third kappa shape index (κ3) is 2.75. The van der Waals surface area contributed by atoms with Gasteiger partial charge in [-0.3, -0.25) is 5.84 Å². The Labute approximate surface area is 127 Å². The Balaban J connectivity index is 2.10. The van der Waals surface area contributed by atoms with Crippen molar-refractivity contribution in [1.29, 1.82) is 0 Å². The number of hydrogen-bond acceptors (Lipinski definition) is 3. The molecule has 0 aromatic heterocycles. The number of hydrazine groups is 1. The molecule has 1 unspecified atom stereocenters. The summed E-state index contributed by atoms with van der Waals surface area (Å²) in [5, 5.41) is 0.470. The highest BCUT2D eigenvalue weighted by atomic mass is 35.5. The second kappa shape index (κ2) is 6.02. The number of aryl methyl sites for hydroxylation is 1. The van der Waals surface area contributed by atoms with E-state index in [1.807, 2.05) is 18.2 Å². The van der Waals surface area contributed by atoms with Crippen molar-refractivity contribution in [2.45, 2.75) is 18.9 Å². The van der Waals surface area contributed by atoms with Crippen LogP contribution in [0, 0.1) is 5.82 Å². The largest absolute Gasteiger partial charge is 0.493 e. The summed E-state index contributed by atoms with van der Waals surface area (Å²) in [4.78, 5) is 0. The standard InChI is InChI=1S/C16H16ClFN2O/c17-11-6-7-14(18)13(9-11)15(20-19)12-5-1-3-10-4-2-8-21-16(10)12/h1,3,5-7,9,15,20H,2,4,8,19H2. The highest BCUT2D eigenvalue weighted by Crippen LogP contribution is 2.36. The normalized spacial score (nSPS) is 15.2. The van der Waals surface area contributed by atoms with Crippen molar-refractivity contribution >= 4 is 11.6 Å². The first kappa shape index (κ1) is 14.3. The number of nitrogens with one attached hydrogen (secondary N) is 1. The van der Waals surface area contributed by atoms with Crippen molar-refractivity contribution in [1.82, 2.24) is 5.43 Å². The maximum absolute atomic E-state index is 14.1. The highest BCUT2D eigenvalue weighted by Gasteiger charge is 2.23. The zero-order valence-electron chi connectivity index (χ0n) is 11.4. The van der Waals surface area contributed by atoms with Gasteiger partial charge in [-0.1, -0.05) is 29.8 Å². The minimum atomic E-state index is -0.503. The van der Waals surface area contributed by atoms with Crippen LogP contribution in [0.2, 0.25) is 5.02 Å². The van der Waals surface area contributed by atoms with Gasteiger partial charge in [0.15, 0.2) is 0 Å². The second-order valence-electron chi connectivity index (χ2n) is 5.05. The molecular formula is C16H16ClFN2O. The molecular weight excluding hydrogens is 291 g/mol. The molecule has 0 fully saturated rings. The Bertz CT molecular complexity index is 663. The van der Waals surface area contributed by atoms with Crippen molar-refractivity contribution in [3.8, 4) is 5.75 Å². The van der Waals surface area contributed by atoms with Crippen molar-refractivity contribution in [3.05, 3.63) is 63.9 Å². The molecule has 0 aliphatic carbocycles. The van der Waals surface area contributed by atoms with Crippen LogP contribution in [-0.4, -0.2) is 6.61 Å². The van der Waals surface area contributed by atoms with Gasteiger partial charge in [0, 0.05) is 16.1 Å². The Morgan fingerprint density at radius 2 is 2.10 bits per heavy atom. The molecule has 2 aromatic carbocycles. The molecule has 3 rings (SSSR count). The molecule has 21 heavy (non-hydrogen) atoms. The van der Waals surface area contributed by atoms with Gasteiger partial charge in [0.25, 0.3) is 0 Å². The molecule has 5 heteroatoms. The monoisotopic (exact) mass is 306 g/mol. The fraction of sp³-hybridized carbons (Fsp3) is 0.250. The van der Waals surface area contributed by atoms with Gasteiger partial charge in [-0.2, -0.15) is 0 Å². The molecule has 1 aliphatic heterocycles. The molecule has 3 N–H and O–H groups in total. The van der Waals surface area contributed by atoms with Crippen LogP contribution in [0.25, 0.3) is 0 Å². The Hall–Kier alpha value is -1.62. The predicted molar refractivity (Wildman–Crippen MR) is 80.8 cm³/mol. The summed E-state index contributed by atoms with van der Waals surface area (Å²) < 4.78 is 19.9. The highest BCUT2D eigenvalue weighted by molar-refractivity contribution is 6.30. The molecule has 1 atom stereocenters. The number of ether oxygens (including phenoxy) is 1. The van der Waals surface area contributed by atoms with Crippen molar-refractivity contribution < 1.29 is 9.13 Å². The van der Waals surface area contributed by atoms with E-state index in [9.17, 15) is 4.39 Å². The van der Waals surface area contributed by atoms with Gasteiger partial charge >= 0.3 is 0 Å². The van der Waals surface area contributed by atoms with Gasteiger partial charge in [0.1, 0.15) is 11.6 Å². The number of fused-ring (bicyclic) bond motifs is 1. The van der Waals surface area contributed by atoms with Crippen LogP contribution < -0.4 is 16.0 Å². The minimum absolute atomic E-state index is 0.351. The summed E-state index contributed by atoms with van der Waals surface area (Å²) in [5.74, 6) is 6.12. The van der Waals surface area contributed by atoms with Gasteiger partial charge < -0.3 is 4.74 Å². The van der Waals surface area contributed by atoms with E-state index in [0.717, 1.165) is 29.7 Å². The van der Waals surface area contributed by atoms with Gasteiger partial charge in [-0.15, -0.1) is 0 Å². The van der Waals surface area contributed by atoms with E-state index in [4.69, 9.17) is 22.2 Å². The fourth-order valence-electron chi connectivity index (χ4n) is 2.72. The van der Waals surface area contributed by atoms with Gasteiger partial charge in [0.05, 0.1) is 12.6 Å². The summed E-state index contributed by atoms with van der Waals surface area (Å²) in [6.45, 7) is 0.666. The van der Waals surface area contributed by atoms with Gasteiger partial charge in [0.2, 0.25) is 0 Å². The molecule has 0 spiro atoms. The molecule has 0 saturated heterocycles. The topological polar surface area (TPSA) is 47.3 Å². The lowest BCUT2D eigenvalue weighted by Crippen LogP contribution is -2.30. The summed E-state index contributed by atoms with van der Waals surface area (Å²) in [6, 6.07) is 9.81. The molecule has 110 valence electrons. The van der Waals surface area contributed by atoms with Crippen molar-refractivity contribution in [2.75, 3.05) is 6.61 Å².